The zero-order valence-electron chi connectivity index (χ0n) is 14.6. The van der Waals surface area contributed by atoms with Crippen molar-refractivity contribution < 1.29 is 4.42 Å². The second kappa shape index (κ2) is 5.99. The third-order valence-electron chi connectivity index (χ3n) is 5.16. The molecule has 1 fully saturated rings. The lowest BCUT2D eigenvalue weighted by Crippen LogP contribution is -2.29. The molecule has 1 aromatic carbocycles. The van der Waals surface area contributed by atoms with E-state index in [1.807, 2.05) is 23.3 Å². The standard InChI is InChI=1S/C20H19N3O2S/c1-22-16-9-13(5-6-14(16)11-21-22)15-12-26-20-17(24)10-18(25-19(15)20)23-7-3-2-4-8-23/h5-6,9-12H,2-4,7-8H2,1H3. The number of hydrogen-bond acceptors (Lipinski definition) is 5. The molecule has 0 bridgehead atoms. The molecule has 0 radical (unpaired) electrons. The van der Waals surface area contributed by atoms with Gasteiger partial charge in [-0.1, -0.05) is 12.1 Å². The number of piperidine rings is 1. The molecule has 26 heavy (non-hydrogen) atoms. The summed E-state index contributed by atoms with van der Waals surface area (Å²) in [6.07, 6.45) is 5.40. The highest BCUT2D eigenvalue weighted by atomic mass is 32.1. The van der Waals surface area contributed by atoms with Crippen molar-refractivity contribution in [2.45, 2.75) is 19.3 Å². The average Bonchev–Trinajstić information content (AvgIpc) is 3.26. The van der Waals surface area contributed by atoms with Gasteiger partial charge in [-0.25, -0.2) is 0 Å². The SMILES string of the molecule is Cn1ncc2ccc(-c3csc4c(=O)cc(N5CCCCC5)oc34)cc21. The molecular weight excluding hydrogens is 346 g/mol. The van der Waals surface area contributed by atoms with Crippen molar-refractivity contribution >= 4 is 38.4 Å². The lowest BCUT2D eigenvalue weighted by molar-refractivity contribution is 0.513. The zero-order valence-corrected chi connectivity index (χ0v) is 15.4. The first-order valence-corrected chi connectivity index (χ1v) is 9.81. The van der Waals surface area contributed by atoms with Gasteiger partial charge in [-0.05, 0) is 30.9 Å². The van der Waals surface area contributed by atoms with Gasteiger partial charge in [0.15, 0.2) is 11.5 Å². The second-order valence-corrected chi connectivity index (χ2v) is 7.73. The van der Waals surface area contributed by atoms with Crippen LogP contribution in [0.4, 0.5) is 5.88 Å². The van der Waals surface area contributed by atoms with Crippen molar-refractivity contribution in [2.75, 3.05) is 18.0 Å². The number of rotatable bonds is 2. The number of anilines is 1. The van der Waals surface area contributed by atoms with Gasteiger partial charge in [0.2, 0.25) is 5.43 Å². The number of aryl methyl sites for hydroxylation is 1. The Hall–Kier alpha value is -2.60. The first-order valence-electron chi connectivity index (χ1n) is 8.93. The molecule has 0 saturated carbocycles. The van der Waals surface area contributed by atoms with Crippen molar-refractivity contribution in [3.8, 4) is 11.1 Å². The molecule has 0 N–H and O–H groups in total. The van der Waals surface area contributed by atoms with Gasteiger partial charge in [-0.15, -0.1) is 11.3 Å². The third kappa shape index (κ3) is 2.44. The fourth-order valence-electron chi connectivity index (χ4n) is 3.71. The summed E-state index contributed by atoms with van der Waals surface area (Å²) in [5, 5.41) is 7.43. The lowest BCUT2D eigenvalue weighted by atomic mass is 10.1. The summed E-state index contributed by atoms with van der Waals surface area (Å²) < 4.78 is 8.80. The molecule has 1 aliphatic heterocycles. The van der Waals surface area contributed by atoms with Crippen molar-refractivity contribution in [3.63, 3.8) is 0 Å². The third-order valence-corrected chi connectivity index (χ3v) is 6.13. The maximum absolute atomic E-state index is 12.6. The summed E-state index contributed by atoms with van der Waals surface area (Å²) in [5.74, 6) is 0.698. The molecule has 0 aliphatic carbocycles. The number of fused-ring (bicyclic) bond motifs is 2. The molecule has 4 heterocycles. The van der Waals surface area contributed by atoms with Crippen LogP contribution < -0.4 is 10.3 Å². The van der Waals surface area contributed by atoms with E-state index in [-0.39, 0.29) is 5.43 Å². The number of hydrogen-bond donors (Lipinski definition) is 0. The van der Waals surface area contributed by atoms with Gasteiger partial charge >= 0.3 is 0 Å². The molecular formula is C20H19N3O2S. The van der Waals surface area contributed by atoms with Crippen molar-refractivity contribution in [3.05, 3.63) is 46.1 Å². The van der Waals surface area contributed by atoms with E-state index in [1.165, 1.54) is 17.8 Å². The van der Waals surface area contributed by atoms with E-state index in [0.29, 0.717) is 16.2 Å². The number of benzene rings is 1. The Morgan fingerprint density at radius 3 is 2.85 bits per heavy atom. The largest absolute Gasteiger partial charge is 0.439 e. The maximum atomic E-state index is 12.6. The van der Waals surface area contributed by atoms with Crippen molar-refractivity contribution in [1.29, 1.82) is 0 Å². The lowest BCUT2D eigenvalue weighted by Gasteiger charge is -2.26. The normalized spacial score (nSPS) is 15.2. The summed E-state index contributed by atoms with van der Waals surface area (Å²) >= 11 is 1.46. The van der Waals surface area contributed by atoms with E-state index in [0.717, 1.165) is 48.0 Å². The van der Waals surface area contributed by atoms with Crippen LogP contribution >= 0.6 is 11.3 Å². The molecule has 0 spiro atoms. The Morgan fingerprint density at radius 2 is 2.00 bits per heavy atom. The molecule has 4 aromatic rings. The van der Waals surface area contributed by atoms with Gasteiger partial charge in [0, 0.05) is 42.5 Å². The molecule has 3 aromatic heterocycles. The van der Waals surface area contributed by atoms with Crippen LogP contribution in [0, 0.1) is 0 Å². The maximum Gasteiger partial charge on any atom is 0.204 e. The van der Waals surface area contributed by atoms with Crippen LogP contribution in [0.25, 0.3) is 32.3 Å². The minimum absolute atomic E-state index is 0.0460. The Kier molecular flexibility index (Phi) is 3.60. The van der Waals surface area contributed by atoms with Gasteiger partial charge in [0.25, 0.3) is 0 Å². The number of thiophene rings is 1. The van der Waals surface area contributed by atoms with Crippen LogP contribution in [0.1, 0.15) is 19.3 Å². The van der Waals surface area contributed by atoms with Crippen LogP contribution in [0.2, 0.25) is 0 Å². The molecule has 6 heteroatoms. The van der Waals surface area contributed by atoms with E-state index in [2.05, 4.69) is 28.2 Å². The molecule has 0 atom stereocenters. The Bertz CT molecular complexity index is 1160. The molecule has 0 amide bonds. The van der Waals surface area contributed by atoms with E-state index in [4.69, 9.17) is 4.42 Å². The summed E-state index contributed by atoms with van der Waals surface area (Å²) in [4.78, 5) is 14.8. The first-order chi connectivity index (χ1) is 12.7. The predicted molar refractivity (Wildman–Crippen MR) is 106 cm³/mol. The fourth-order valence-corrected chi connectivity index (χ4v) is 4.62. The predicted octanol–water partition coefficient (Wildman–Crippen LogP) is 4.40. The van der Waals surface area contributed by atoms with E-state index < -0.39 is 0 Å². The van der Waals surface area contributed by atoms with Gasteiger partial charge in [-0.2, -0.15) is 5.10 Å². The molecule has 1 aliphatic rings. The Labute approximate surface area is 154 Å². The van der Waals surface area contributed by atoms with Gasteiger partial charge in [0.1, 0.15) is 4.70 Å². The average molecular weight is 365 g/mol. The van der Waals surface area contributed by atoms with Crippen LogP contribution in [0.5, 0.6) is 0 Å². The molecule has 132 valence electrons. The summed E-state index contributed by atoms with van der Waals surface area (Å²) in [6.45, 7) is 1.91. The highest BCUT2D eigenvalue weighted by molar-refractivity contribution is 7.17. The molecule has 5 nitrogen and oxygen atoms in total. The summed E-state index contributed by atoms with van der Waals surface area (Å²) in [6, 6.07) is 7.89. The van der Waals surface area contributed by atoms with E-state index in [1.54, 1.807) is 6.07 Å². The van der Waals surface area contributed by atoms with Crippen LogP contribution in [0.3, 0.4) is 0 Å². The summed E-state index contributed by atoms with van der Waals surface area (Å²) in [5.41, 5.74) is 3.83. The quantitative estimate of drug-likeness (QED) is 0.528. The molecule has 1 saturated heterocycles. The molecule has 5 rings (SSSR count). The highest BCUT2D eigenvalue weighted by Gasteiger charge is 2.18. The topological polar surface area (TPSA) is 51.3 Å². The van der Waals surface area contributed by atoms with Crippen LogP contribution in [0.15, 0.2) is 45.1 Å². The minimum atomic E-state index is 0.0460. The van der Waals surface area contributed by atoms with Crippen molar-refractivity contribution in [2.24, 2.45) is 7.05 Å². The monoisotopic (exact) mass is 365 g/mol. The first kappa shape index (κ1) is 15.6. The minimum Gasteiger partial charge on any atom is -0.439 e. The number of nitrogens with zero attached hydrogens (tertiary/aromatic N) is 3. The fraction of sp³-hybridized carbons (Fsp3) is 0.300. The van der Waals surface area contributed by atoms with Gasteiger partial charge < -0.3 is 9.32 Å². The van der Waals surface area contributed by atoms with Crippen LogP contribution in [-0.4, -0.2) is 22.9 Å². The Balaban J connectivity index is 1.68. The molecule has 0 unspecified atom stereocenters. The van der Waals surface area contributed by atoms with Crippen molar-refractivity contribution in [1.82, 2.24) is 9.78 Å². The van der Waals surface area contributed by atoms with Gasteiger partial charge in [-0.3, -0.25) is 9.48 Å². The van der Waals surface area contributed by atoms with Gasteiger partial charge in [0.05, 0.1) is 11.7 Å². The smallest absolute Gasteiger partial charge is 0.204 e. The highest BCUT2D eigenvalue weighted by Crippen LogP contribution is 2.36. The second-order valence-electron chi connectivity index (χ2n) is 6.85. The zero-order chi connectivity index (χ0) is 17.7. The summed E-state index contributed by atoms with van der Waals surface area (Å²) in [7, 11) is 1.94. The number of aromatic nitrogens is 2. The van der Waals surface area contributed by atoms with E-state index in [9.17, 15) is 4.79 Å². The van der Waals surface area contributed by atoms with E-state index >= 15 is 0 Å². The Morgan fingerprint density at radius 1 is 1.15 bits per heavy atom. The van der Waals surface area contributed by atoms with Crippen LogP contribution in [-0.2, 0) is 7.05 Å².